The van der Waals surface area contributed by atoms with Gasteiger partial charge in [-0.25, -0.2) is 0 Å². The smallest absolute Gasteiger partial charge is 0.120 e. The van der Waals surface area contributed by atoms with Gasteiger partial charge >= 0.3 is 0 Å². The summed E-state index contributed by atoms with van der Waals surface area (Å²) in [6, 6.07) is 151. The number of hydrogen-bond donors (Lipinski definition) is 0. The van der Waals surface area contributed by atoms with E-state index in [1.165, 1.54) is 27.8 Å². The minimum absolute atomic E-state index is 0. The fraction of sp³-hybridized carbons (Fsp3) is 0.0427. The molecule has 132 heavy (non-hydrogen) atoms. The van der Waals surface area contributed by atoms with E-state index in [2.05, 4.69) is 161 Å². The molecule has 4 radical (unpaired) electrons. The third-order valence-corrected chi connectivity index (χ3v) is 20.4. The molecule has 23 aromatic rings. The molecule has 0 saturated carbocycles. The molecule has 15 heteroatoms. The first kappa shape index (κ1) is 96.9. The molecular weight excluding hydrogens is 2330 g/mol. The molecule has 0 unspecified atom stereocenters. The average Bonchev–Trinajstić information content (AvgIpc) is 1.62. The van der Waals surface area contributed by atoms with Crippen LogP contribution in [0.15, 0.2) is 433 Å². The zero-order valence-corrected chi connectivity index (χ0v) is 82.1. The van der Waals surface area contributed by atoms with Crippen LogP contribution in [-0.4, -0.2) is 39.9 Å². The van der Waals surface area contributed by atoms with E-state index in [0.717, 1.165) is 167 Å². The van der Waals surface area contributed by atoms with Gasteiger partial charge < -0.3 is 53.1 Å². The quantitative estimate of drug-likeness (QED) is 0.127. The second-order valence-corrected chi connectivity index (χ2v) is 29.7. The minimum Gasteiger partial charge on any atom is -0.501 e. The first-order chi connectivity index (χ1) is 63.1. The van der Waals surface area contributed by atoms with Gasteiger partial charge in [0.15, 0.2) is 0 Å². The number of furan rings is 3. The van der Waals surface area contributed by atoms with E-state index in [4.69, 9.17) is 13.3 Å². The molecule has 11 heterocycles. The maximum atomic E-state index is 6.01. The molecule has 0 amide bonds. The maximum Gasteiger partial charge on any atom is 0.120 e. The van der Waals surface area contributed by atoms with Crippen LogP contribution < -0.4 is 0 Å². The van der Waals surface area contributed by atoms with E-state index in [0.29, 0.717) is 0 Å². The van der Waals surface area contributed by atoms with Crippen LogP contribution in [0.3, 0.4) is 0 Å². The van der Waals surface area contributed by atoms with Crippen LogP contribution in [0, 0.1) is 83.1 Å². The molecule has 0 saturated heterocycles. The molecule has 0 spiro atoms. The summed E-state index contributed by atoms with van der Waals surface area (Å²) >= 11 is 0. The van der Waals surface area contributed by atoms with E-state index < -0.39 is 0 Å². The Labute approximate surface area is 823 Å². The minimum atomic E-state index is 0. The summed E-state index contributed by atoms with van der Waals surface area (Å²) in [4.78, 5) is 35.0. The molecule has 23 rings (SSSR count). The number of aryl methyl sites for hydroxylation is 5. The first-order valence-corrected chi connectivity index (χ1v) is 41.9. The summed E-state index contributed by atoms with van der Waals surface area (Å²) in [5.41, 5.74) is 28.6. The number of benzene rings is 12. The van der Waals surface area contributed by atoms with Crippen molar-refractivity contribution < 1.29 is 93.7 Å². The SMILES string of the molecule is Cc1ccc(-c2[c-]ccc(-c3ccccc3)c2)nc1.Cc1ccc(-c2[c-]cccc2)nc1.Cc1ccc(-c2[c-]cccc2)nc1.Cc1cccc(-c2[c-]ccc3c2oc2ccccc23)n1.Cc1cccc(-c2[c-]ccc3c2oc2ccccc23)n1.[Ir].[Ir].[Ir].[Ir].[c-]1ccc2c(oc3ccccc32)c1-c1ccccn1.[c-]1ccccc1-c1ccccn1.[c-]1ccccc1-c1ccccn1. The molecule has 11 nitrogen and oxygen atoms in total. The van der Waals surface area contributed by atoms with E-state index in [1.807, 2.05) is 363 Å². The van der Waals surface area contributed by atoms with Crippen molar-refractivity contribution in [3.63, 3.8) is 0 Å². The molecule has 0 bridgehead atoms. The molecule has 0 aliphatic rings. The van der Waals surface area contributed by atoms with E-state index in [-0.39, 0.29) is 80.4 Å². The molecule has 0 aliphatic carbocycles. The van der Waals surface area contributed by atoms with E-state index in [1.54, 1.807) is 18.6 Å². The average molecular weight is 2420 g/mol. The Morgan fingerprint density at radius 3 is 0.841 bits per heavy atom. The predicted molar refractivity (Wildman–Crippen MR) is 519 cm³/mol. The van der Waals surface area contributed by atoms with Crippen LogP contribution in [0.25, 0.3) is 167 Å². The number of aromatic nitrogens is 8. The predicted octanol–water partition coefficient (Wildman–Crippen LogP) is 29.3. The Balaban J connectivity index is 0.000000137. The van der Waals surface area contributed by atoms with Gasteiger partial charge in [-0.05, 0) is 151 Å². The number of fused-ring (bicyclic) bond motifs is 9. The summed E-state index contributed by atoms with van der Waals surface area (Å²) in [6.45, 7) is 10.1. The zero-order valence-electron chi connectivity index (χ0n) is 72.5. The fourth-order valence-corrected chi connectivity index (χ4v) is 14.1. The van der Waals surface area contributed by atoms with Crippen LogP contribution in [-0.2, 0) is 80.4 Å². The number of para-hydroxylation sites is 3. The summed E-state index contributed by atoms with van der Waals surface area (Å²) in [7, 11) is 0. The second-order valence-electron chi connectivity index (χ2n) is 29.7. The molecular formula is C117H84Ir4N8O3-8. The monoisotopic (exact) mass is 2420 g/mol. The number of rotatable bonds is 9. The van der Waals surface area contributed by atoms with E-state index in [9.17, 15) is 0 Å². The fourth-order valence-electron chi connectivity index (χ4n) is 14.1. The van der Waals surface area contributed by atoms with Crippen LogP contribution in [0.1, 0.15) is 28.1 Å². The van der Waals surface area contributed by atoms with Gasteiger partial charge in [-0.1, -0.05) is 215 Å². The number of nitrogens with zero attached hydrogens (tertiary/aromatic N) is 8. The Hall–Kier alpha value is -14.2. The van der Waals surface area contributed by atoms with Crippen molar-refractivity contribution >= 4 is 65.8 Å². The molecule has 654 valence electrons. The van der Waals surface area contributed by atoms with Crippen LogP contribution in [0.2, 0.25) is 0 Å². The van der Waals surface area contributed by atoms with Crippen molar-refractivity contribution in [3.8, 4) is 101 Å². The number of pyridine rings is 8. The van der Waals surface area contributed by atoms with Crippen molar-refractivity contribution in [1.82, 2.24) is 39.9 Å². The molecule has 0 N–H and O–H groups in total. The van der Waals surface area contributed by atoms with Crippen LogP contribution in [0.4, 0.5) is 0 Å². The molecule has 0 atom stereocenters. The van der Waals surface area contributed by atoms with Crippen LogP contribution >= 0.6 is 0 Å². The van der Waals surface area contributed by atoms with Crippen molar-refractivity contribution in [1.29, 1.82) is 0 Å². The van der Waals surface area contributed by atoms with Crippen molar-refractivity contribution in [2.24, 2.45) is 0 Å². The van der Waals surface area contributed by atoms with Gasteiger partial charge in [0.1, 0.15) is 16.7 Å². The molecule has 11 aromatic heterocycles. The number of hydrogen-bond acceptors (Lipinski definition) is 11. The molecule has 12 aromatic carbocycles. The Morgan fingerprint density at radius 1 is 0.205 bits per heavy atom. The van der Waals surface area contributed by atoms with Gasteiger partial charge in [-0.15, -0.1) is 234 Å². The van der Waals surface area contributed by atoms with Crippen molar-refractivity contribution in [2.75, 3.05) is 0 Å². The van der Waals surface area contributed by atoms with Gasteiger partial charge in [0.05, 0.1) is 16.7 Å². The first-order valence-electron chi connectivity index (χ1n) is 41.9. The Morgan fingerprint density at radius 2 is 0.508 bits per heavy atom. The molecule has 0 aliphatic heterocycles. The van der Waals surface area contributed by atoms with Gasteiger partial charge in [-0.2, -0.15) is 0 Å². The summed E-state index contributed by atoms with van der Waals surface area (Å²) in [5, 5.41) is 6.71. The van der Waals surface area contributed by atoms with Gasteiger partial charge in [0, 0.05) is 145 Å². The maximum absolute atomic E-state index is 6.01. The third-order valence-electron chi connectivity index (χ3n) is 20.4. The summed E-state index contributed by atoms with van der Waals surface area (Å²) in [5.74, 6) is 0. The topological polar surface area (TPSA) is 143 Å². The Bertz CT molecular complexity index is 7070. The van der Waals surface area contributed by atoms with Crippen LogP contribution in [0.5, 0.6) is 0 Å². The van der Waals surface area contributed by atoms with Gasteiger partial charge in [-0.3, -0.25) is 0 Å². The summed E-state index contributed by atoms with van der Waals surface area (Å²) in [6.07, 6.45) is 11.0. The standard InChI is InChI=1S/2C18H12NO.C18H14N.C17H10NO.2C12H10N.2C11H8N.4Ir/c2*1-12-6-4-10-16(19-12)15-9-5-8-14-13-7-2-3-11-17(13)20-18(14)15;1-14-10-11-18(19-13-14)17-9-5-8-16(12-17)15-6-3-2-4-7-15;1-2-10-16-12(6-1)13-7-5-8-14(17(13)19-16)15-9-3-4-11-18-15;2*1-10-7-8-12(13-9-10)11-5-3-2-4-6-11;2*1-2-6-10(7-3-1)11-8-4-5-9-12-11;;;;/h2*2-8,10-11H,1H3;2-8,10-13H,1H3;1-7,9-11H;2*2-5,7-9H,1H3;2*1-6,8-9H;;;;/q8*-1;;;;. The summed E-state index contributed by atoms with van der Waals surface area (Å²) < 4.78 is 18.0. The largest absolute Gasteiger partial charge is 0.501 e. The van der Waals surface area contributed by atoms with Gasteiger partial charge in [0.2, 0.25) is 0 Å². The molecule has 0 fully saturated rings. The normalized spacial score (nSPS) is 10.2. The third kappa shape index (κ3) is 25.5. The Kier molecular flexibility index (Phi) is 36.0. The van der Waals surface area contributed by atoms with Crippen molar-refractivity contribution in [3.05, 3.63) is 496 Å². The second kappa shape index (κ2) is 49.0. The zero-order chi connectivity index (χ0) is 87.4. The van der Waals surface area contributed by atoms with Gasteiger partial charge in [0.25, 0.3) is 0 Å². The van der Waals surface area contributed by atoms with Crippen molar-refractivity contribution in [2.45, 2.75) is 34.6 Å². The van der Waals surface area contributed by atoms with E-state index >= 15 is 0 Å².